The van der Waals surface area contributed by atoms with Crippen LogP contribution in [0.15, 0.2) is 35.2 Å². The average molecular weight is 394 g/mol. The summed E-state index contributed by atoms with van der Waals surface area (Å²) in [4.78, 5) is 28.8. The lowest BCUT2D eigenvalue weighted by atomic mass is 10.1. The maximum absolute atomic E-state index is 12.8. The Morgan fingerprint density at radius 1 is 1.04 bits per heavy atom. The predicted molar refractivity (Wildman–Crippen MR) is 101 cm³/mol. The van der Waals surface area contributed by atoms with Gasteiger partial charge in [0.25, 0.3) is 0 Å². The average Bonchev–Trinajstić information content (AvgIpc) is 3.04. The molecule has 148 valence electrons. The summed E-state index contributed by atoms with van der Waals surface area (Å²) in [6.07, 6.45) is 0.235. The SMILES string of the molecule is CC(C)(C)N1CC(C(=O)N2CCN(S(=O)(=O)c3ccccc3)CC2)CC1=O. The highest BCUT2D eigenvalue weighted by Crippen LogP contribution is 2.27. The van der Waals surface area contributed by atoms with Gasteiger partial charge in [0.1, 0.15) is 0 Å². The van der Waals surface area contributed by atoms with Crippen molar-refractivity contribution in [2.24, 2.45) is 5.92 Å². The summed E-state index contributed by atoms with van der Waals surface area (Å²) >= 11 is 0. The molecule has 0 radical (unpaired) electrons. The first-order valence-corrected chi connectivity index (χ1v) is 10.7. The summed E-state index contributed by atoms with van der Waals surface area (Å²) in [5.74, 6) is -0.382. The van der Waals surface area contributed by atoms with Crippen molar-refractivity contribution < 1.29 is 18.0 Å². The van der Waals surface area contributed by atoms with E-state index in [1.165, 1.54) is 4.31 Å². The maximum Gasteiger partial charge on any atom is 0.243 e. The predicted octanol–water partition coefficient (Wildman–Crippen LogP) is 1.17. The van der Waals surface area contributed by atoms with Gasteiger partial charge in [-0.2, -0.15) is 4.31 Å². The van der Waals surface area contributed by atoms with E-state index in [4.69, 9.17) is 0 Å². The largest absolute Gasteiger partial charge is 0.340 e. The molecule has 1 aromatic rings. The summed E-state index contributed by atoms with van der Waals surface area (Å²) in [5, 5.41) is 0. The molecule has 2 amide bonds. The number of piperazine rings is 1. The number of rotatable bonds is 3. The van der Waals surface area contributed by atoms with Gasteiger partial charge in [-0.05, 0) is 32.9 Å². The summed E-state index contributed by atoms with van der Waals surface area (Å²) in [7, 11) is -3.53. The van der Waals surface area contributed by atoms with Gasteiger partial charge in [0.15, 0.2) is 0 Å². The third kappa shape index (κ3) is 4.01. The Labute approximate surface area is 161 Å². The Balaban J connectivity index is 1.61. The number of amides is 2. The molecule has 2 aliphatic rings. The fraction of sp³-hybridized carbons (Fsp3) is 0.579. The van der Waals surface area contributed by atoms with Gasteiger partial charge >= 0.3 is 0 Å². The van der Waals surface area contributed by atoms with Gasteiger partial charge < -0.3 is 9.80 Å². The van der Waals surface area contributed by atoms with Crippen molar-refractivity contribution in [3.05, 3.63) is 30.3 Å². The van der Waals surface area contributed by atoms with Crippen LogP contribution in [0.2, 0.25) is 0 Å². The number of hydrogen-bond donors (Lipinski definition) is 0. The number of likely N-dealkylation sites (tertiary alicyclic amines) is 1. The van der Waals surface area contributed by atoms with E-state index in [1.54, 1.807) is 40.1 Å². The number of nitrogens with zero attached hydrogens (tertiary/aromatic N) is 3. The quantitative estimate of drug-likeness (QED) is 0.772. The molecule has 2 saturated heterocycles. The van der Waals surface area contributed by atoms with Gasteiger partial charge in [-0.1, -0.05) is 18.2 Å². The van der Waals surface area contributed by atoms with Gasteiger partial charge in [-0.25, -0.2) is 8.42 Å². The summed E-state index contributed by atoms with van der Waals surface area (Å²) in [6.45, 7) is 7.57. The minimum absolute atomic E-state index is 0.00569. The highest BCUT2D eigenvalue weighted by atomic mass is 32.2. The van der Waals surface area contributed by atoms with Crippen LogP contribution in [0.3, 0.4) is 0 Å². The lowest BCUT2D eigenvalue weighted by Gasteiger charge is -2.36. The van der Waals surface area contributed by atoms with Crippen LogP contribution in [-0.2, 0) is 19.6 Å². The van der Waals surface area contributed by atoms with Crippen LogP contribution in [0.5, 0.6) is 0 Å². The van der Waals surface area contributed by atoms with Crippen molar-refractivity contribution in [1.82, 2.24) is 14.1 Å². The number of carbonyl (C=O) groups excluding carboxylic acids is 2. The standard InChI is InChI=1S/C19H27N3O4S/c1-19(2,3)22-14-15(13-17(22)23)18(24)20-9-11-21(12-10-20)27(25,26)16-7-5-4-6-8-16/h4-8,15H,9-14H2,1-3H3. The van der Waals surface area contributed by atoms with Gasteiger partial charge in [0, 0.05) is 44.7 Å². The lowest BCUT2D eigenvalue weighted by Crippen LogP contribution is -2.52. The molecule has 8 heteroatoms. The molecule has 7 nitrogen and oxygen atoms in total. The van der Waals surface area contributed by atoms with E-state index < -0.39 is 10.0 Å². The van der Waals surface area contributed by atoms with Crippen LogP contribution < -0.4 is 0 Å². The molecule has 2 fully saturated rings. The van der Waals surface area contributed by atoms with Crippen LogP contribution in [-0.4, -0.2) is 72.6 Å². The molecule has 0 aromatic heterocycles. The summed E-state index contributed by atoms with van der Waals surface area (Å²) < 4.78 is 26.8. The van der Waals surface area contributed by atoms with Crippen molar-refractivity contribution in [2.75, 3.05) is 32.7 Å². The second-order valence-electron chi connectivity index (χ2n) is 8.12. The van der Waals surface area contributed by atoms with Gasteiger partial charge in [0.2, 0.25) is 21.8 Å². The molecule has 3 rings (SSSR count). The molecular weight excluding hydrogens is 366 g/mol. The normalized spacial score (nSPS) is 22.3. The lowest BCUT2D eigenvalue weighted by molar-refractivity contribution is -0.137. The maximum atomic E-state index is 12.8. The van der Waals surface area contributed by atoms with E-state index in [-0.39, 0.29) is 47.7 Å². The molecule has 0 spiro atoms. The first-order valence-electron chi connectivity index (χ1n) is 9.25. The Morgan fingerprint density at radius 3 is 2.15 bits per heavy atom. The Kier molecular flexibility index (Phi) is 5.31. The topological polar surface area (TPSA) is 78.0 Å². The molecule has 2 aliphatic heterocycles. The van der Waals surface area contributed by atoms with Crippen LogP contribution in [0, 0.1) is 5.92 Å². The molecule has 0 N–H and O–H groups in total. The van der Waals surface area contributed by atoms with E-state index in [0.29, 0.717) is 19.6 Å². The van der Waals surface area contributed by atoms with E-state index in [9.17, 15) is 18.0 Å². The smallest absolute Gasteiger partial charge is 0.243 e. The summed E-state index contributed by atoms with van der Waals surface area (Å²) in [6, 6.07) is 8.34. The number of sulfonamides is 1. The van der Waals surface area contributed by atoms with Crippen LogP contribution in [0.4, 0.5) is 0 Å². The van der Waals surface area contributed by atoms with Crippen molar-refractivity contribution in [2.45, 2.75) is 37.6 Å². The second kappa shape index (κ2) is 7.24. The van der Waals surface area contributed by atoms with Crippen LogP contribution in [0.25, 0.3) is 0 Å². The zero-order valence-electron chi connectivity index (χ0n) is 16.1. The van der Waals surface area contributed by atoms with Crippen LogP contribution >= 0.6 is 0 Å². The number of carbonyl (C=O) groups is 2. The monoisotopic (exact) mass is 393 g/mol. The zero-order chi connectivity index (χ0) is 19.8. The Morgan fingerprint density at radius 2 is 1.63 bits per heavy atom. The van der Waals surface area contributed by atoms with Gasteiger partial charge in [-0.3, -0.25) is 9.59 Å². The fourth-order valence-electron chi connectivity index (χ4n) is 3.67. The van der Waals surface area contributed by atoms with Gasteiger partial charge in [0.05, 0.1) is 10.8 Å². The molecule has 0 saturated carbocycles. The minimum Gasteiger partial charge on any atom is -0.340 e. The molecule has 0 bridgehead atoms. The summed E-state index contributed by atoms with van der Waals surface area (Å²) in [5.41, 5.74) is -0.297. The third-order valence-corrected chi connectivity index (χ3v) is 7.13. The molecule has 1 unspecified atom stereocenters. The Bertz CT molecular complexity index is 809. The van der Waals surface area contributed by atoms with Crippen molar-refractivity contribution in [1.29, 1.82) is 0 Å². The Hall–Kier alpha value is -1.93. The van der Waals surface area contributed by atoms with Crippen LogP contribution in [0.1, 0.15) is 27.2 Å². The molecule has 1 atom stereocenters. The molecule has 2 heterocycles. The van der Waals surface area contributed by atoms with E-state index in [1.807, 2.05) is 20.8 Å². The number of benzene rings is 1. The van der Waals surface area contributed by atoms with Gasteiger partial charge in [-0.15, -0.1) is 0 Å². The van der Waals surface area contributed by atoms with E-state index in [2.05, 4.69) is 0 Å². The fourth-order valence-corrected chi connectivity index (χ4v) is 5.11. The van der Waals surface area contributed by atoms with Crippen molar-refractivity contribution in [3.8, 4) is 0 Å². The molecule has 1 aromatic carbocycles. The van der Waals surface area contributed by atoms with Crippen molar-refractivity contribution in [3.63, 3.8) is 0 Å². The molecule has 27 heavy (non-hydrogen) atoms. The third-order valence-electron chi connectivity index (χ3n) is 5.22. The molecule has 0 aliphatic carbocycles. The zero-order valence-corrected chi connectivity index (χ0v) is 16.9. The molecular formula is C19H27N3O4S. The van der Waals surface area contributed by atoms with E-state index >= 15 is 0 Å². The first kappa shape index (κ1) is 19.8. The van der Waals surface area contributed by atoms with Crippen molar-refractivity contribution >= 4 is 21.8 Å². The highest BCUT2D eigenvalue weighted by molar-refractivity contribution is 7.89. The number of hydrogen-bond acceptors (Lipinski definition) is 4. The second-order valence-corrected chi connectivity index (χ2v) is 10.1. The van der Waals surface area contributed by atoms with E-state index in [0.717, 1.165) is 0 Å². The minimum atomic E-state index is -3.53. The first-order chi connectivity index (χ1) is 12.6. The highest BCUT2D eigenvalue weighted by Gasteiger charge is 2.41.